The van der Waals surface area contributed by atoms with Gasteiger partial charge in [-0.15, -0.1) is 11.3 Å². The van der Waals surface area contributed by atoms with Gasteiger partial charge in [0.2, 0.25) is 0 Å². The van der Waals surface area contributed by atoms with Gasteiger partial charge in [-0.25, -0.2) is 13.8 Å². The quantitative estimate of drug-likeness (QED) is 0.897. The number of hydrogen-bond acceptors (Lipinski definition) is 3. The van der Waals surface area contributed by atoms with Gasteiger partial charge in [-0.3, -0.25) is 0 Å². The van der Waals surface area contributed by atoms with E-state index in [0.717, 1.165) is 34.6 Å². The van der Waals surface area contributed by atoms with E-state index in [1.54, 1.807) is 11.3 Å². The van der Waals surface area contributed by atoms with Gasteiger partial charge in [0.15, 0.2) is 0 Å². The molecule has 0 aliphatic carbocycles. The molecular weight excluding hydrogens is 278 g/mol. The molecule has 1 unspecified atom stereocenters. The smallest absolute Gasteiger partial charge is 0.126 e. The highest BCUT2D eigenvalue weighted by atomic mass is 32.1. The molecule has 1 heterocycles. The van der Waals surface area contributed by atoms with E-state index in [0.29, 0.717) is 5.56 Å². The summed E-state index contributed by atoms with van der Waals surface area (Å²) in [6.07, 6.45) is 0.942. The molecule has 0 saturated heterocycles. The lowest BCUT2D eigenvalue weighted by Crippen LogP contribution is -2.23. The van der Waals surface area contributed by atoms with E-state index in [4.69, 9.17) is 0 Å². The van der Waals surface area contributed by atoms with Crippen LogP contribution in [0, 0.1) is 25.5 Å². The zero-order chi connectivity index (χ0) is 14.7. The number of thiazole rings is 1. The Labute approximate surface area is 121 Å². The van der Waals surface area contributed by atoms with Crippen LogP contribution in [0.1, 0.15) is 40.5 Å². The van der Waals surface area contributed by atoms with Gasteiger partial charge in [0.1, 0.15) is 16.6 Å². The highest BCUT2D eigenvalue weighted by Crippen LogP contribution is 2.28. The number of aryl methyl sites for hydroxylation is 2. The van der Waals surface area contributed by atoms with Gasteiger partial charge in [-0.1, -0.05) is 6.92 Å². The third kappa shape index (κ3) is 3.41. The average Bonchev–Trinajstić information content (AvgIpc) is 2.69. The molecule has 2 rings (SSSR count). The second kappa shape index (κ2) is 6.41. The molecule has 1 atom stereocenters. The molecule has 2 nitrogen and oxygen atoms in total. The third-order valence-corrected chi connectivity index (χ3v) is 4.25. The summed E-state index contributed by atoms with van der Waals surface area (Å²) in [6, 6.07) is 3.35. The number of rotatable bonds is 5. The summed E-state index contributed by atoms with van der Waals surface area (Å²) in [7, 11) is 0. The van der Waals surface area contributed by atoms with Gasteiger partial charge in [-0.05, 0) is 44.5 Å². The molecule has 1 N–H and O–H groups in total. The Morgan fingerprint density at radius 2 is 1.85 bits per heavy atom. The van der Waals surface area contributed by atoms with Crippen LogP contribution in [0.3, 0.4) is 0 Å². The summed E-state index contributed by atoms with van der Waals surface area (Å²) in [4.78, 5) is 5.64. The molecule has 0 aliphatic rings. The van der Waals surface area contributed by atoms with E-state index in [2.05, 4.69) is 17.2 Å². The molecule has 108 valence electrons. The van der Waals surface area contributed by atoms with Crippen LogP contribution in [0.5, 0.6) is 0 Å². The first kappa shape index (κ1) is 15.1. The predicted octanol–water partition coefficient (Wildman–Crippen LogP) is 4.13. The number of aromatic nitrogens is 1. The summed E-state index contributed by atoms with van der Waals surface area (Å²) in [5.74, 6) is -1.12. The molecule has 2 aromatic rings. The molecule has 0 radical (unpaired) electrons. The molecule has 0 spiro atoms. The Morgan fingerprint density at radius 1 is 1.20 bits per heavy atom. The average molecular weight is 296 g/mol. The monoisotopic (exact) mass is 296 g/mol. The van der Waals surface area contributed by atoms with Crippen molar-refractivity contribution in [2.24, 2.45) is 0 Å². The first-order valence-corrected chi connectivity index (χ1v) is 7.46. The van der Waals surface area contributed by atoms with Crippen LogP contribution in [0.15, 0.2) is 18.2 Å². The first-order chi connectivity index (χ1) is 9.51. The van der Waals surface area contributed by atoms with Gasteiger partial charge in [0, 0.05) is 10.9 Å². The zero-order valence-electron chi connectivity index (χ0n) is 11.8. The summed E-state index contributed by atoms with van der Waals surface area (Å²) in [5.41, 5.74) is 1.54. The highest BCUT2D eigenvalue weighted by molar-refractivity contribution is 7.11. The minimum atomic E-state index is -0.562. The van der Waals surface area contributed by atoms with Crippen molar-refractivity contribution in [3.63, 3.8) is 0 Å². The lowest BCUT2D eigenvalue weighted by atomic mass is 10.1. The fourth-order valence-electron chi connectivity index (χ4n) is 2.00. The zero-order valence-corrected chi connectivity index (χ0v) is 12.7. The predicted molar refractivity (Wildman–Crippen MR) is 78.1 cm³/mol. The Hall–Kier alpha value is -1.33. The van der Waals surface area contributed by atoms with Crippen LogP contribution >= 0.6 is 11.3 Å². The molecular formula is C15H18F2N2S. The van der Waals surface area contributed by atoms with Crippen LogP contribution in [-0.2, 0) is 0 Å². The van der Waals surface area contributed by atoms with Crippen LogP contribution in [-0.4, -0.2) is 11.5 Å². The fourth-order valence-corrected chi connectivity index (χ4v) is 3.03. The van der Waals surface area contributed by atoms with E-state index in [1.165, 1.54) is 12.1 Å². The minimum absolute atomic E-state index is 0.266. The van der Waals surface area contributed by atoms with Crippen LogP contribution < -0.4 is 5.32 Å². The number of hydrogen-bond donors (Lipinski definition) is 1. The van der Waals surface area contributed by atoms with Crippen molar-refractivity contribution in [1.82, 2.24) is 10.3 Å². The van der Waals surface area contributed by atoms with Gasteiger partial charge in [0.25, 0.3) is 0 Å². The van der Waals surface area contributed by atoms with Crippen molar-refractivity contribution < 1.29 is 8.78 Å². The molecule has 1 aromatic carbocycles. The van der Waals surface area contributed by atoms with E-state index >= 15 is 0 Å². The van der Waals surface area contributed by atoms with Crippen LogP contribution in [0.25, 0.3) is 0 Å². The van der Waals surface area contributed by atoms with E-state index in [-0.39, 0.29) is 6.04 Å². The maximum Gasteiger partial charge on any atom is 0.126 e. The topological polar surface area (TPSA) is 24.9 Å². The maximum absolute atomic E-state index is 13.4. The summed E-state index contributed by atoms with van der Waals surface area (Å²) >= 11 is 1.56. The van der Waals surface area contributed by atoms with Crippen LogP contribution in [0.2, 0.25) is 0 Å². The lowest BCUT2D eigenvalue weighted by Gasteiger charge is -2.17. The molecule has 5 heteroatoms. The normalized spacial score (nSPS) is 12.7. The van der Waals surface area contributed by atoms with Crippen molar-refractivity contribution in [3.8, 4) is 0 Å². The standard InChI is InChI=1S/C15H18F2N2S/c1-4-5-18-14(15-19-9(2)10(3)20-15)11-6-12(16)8-13(17)7-11/h6-8,14,18H,4-5H2,1-3H3. The Bertz CT molecular complexity index is 556. The largest absolute Gasteiger partial charge is 0.304 e. The molecule has 0 fully saturated rings. The van der Waals surface area contributed by atoms with Gasteiger partial charge in [0.05, 0.1) is 11.7 Å². The maximum atomic E-state index is 13.4. The Morgan fingerprint density at radius 3 is 2.35 bits per heavy atom. The first-order valence-electron chi connectivity index (χ1n) is 6.64. The Kier molecular flexibility index (Phi) is 4.83. The molecule has 20 heavy (non-hydrogen) atoms. The van der Waals surface area contributed by atoms with E-state index in [1.807, 2.05) is 13.8 Å². The van der Waals surface area contributed by atoms with E-state index < -0.39 is 11.6 Å². The lowest BCUT2D eigenvalue weighted by molar-refractivity contribution is 0.557. The van der Waals surface area contributed by atoms with Gasteiger partial charge in [-0.2, -0.15) is 0 Å². The molecule has 0 amide bonds. The van der Waals surface area contributed by atoms with Gasteiger partial charge >= 0.3 is 0 Å². The van der Waals surface area contributed by atoms with Crippen molar-refractivity contribution in [3.05, 3.63) is 51.0 Å². The van der Waals surface area contributed by atoms with Crippen molar-refractivity contribution >= 4 is 11.3 Å². The minimum Gasteiger partial charge on any atom is -0.304 e. The summed E-state index contributed by atoms with van der Waals surface area (Å²) in [6.45, 7) is 6.76. The number of nitrogens with zero attached hydrogens (tertiary/aromatic N) is 1. The van der Waals surface area contributed by atoms with Crippen molar-refractivity contribution in [2.45, 2.75) is 33.2 Å². The van der Waals surface area contributed by atoms with Crippen molar-refractivity contribution in [1.29, 1.82) is 0 Å². The Balaban J connectivity index is 2.40. The third-order valence-electron chi connectivity index (χ3n) is 3.11. The second-order valence-electron chi connectivity index (χ2n) is 4.78. The molecule has 0 bridgehead atoms. The fraction of sp³-hybridized carbons (Fsp3) is 0.400. The highest BCUT2D eigenvalue weighted by Gasteiger charge is 2.19. The number of benzene rings is 1. The van der Waals surface area contributed by atoms with Crippen LogP contribution in [0.4, 0.5) is 8.78 Å². The molecule has 0 saturated carbocycles. The second-order valence-corrected chi connectivity index (χ2v) is 6.02. The summed E-state index contributed by atoms with van der Waals surface area (Å²) in [5, 5.41) is 4.16. The molecule has 0 aliphatic heterocycles. The SMILES string of the molecule is CCCNC(c1cc(F)cc(F)c1)c1nc(C)c(C)s1. The van der Waals surface area contributed by atoms with Crippen molar-refractivity contribution in [2.75, 3.05) is 6.54 Å². The number of nitrogens with one attached hydrogen (secondary N) is 1. The number of halogens is 2. The molecule has 1 aromatic heterocycles. The van der Waals surface area contributed by atoms with Gasteiger partial charge < -0.3 is 5.32 Å². The van der Waals surface area contributed by atoms with E-state index in [9.17, 15) is 8.78 Å². The summed E-state index contributed by atoms with van der Waals surface area (Å²) < 4.78 is 26.9.